The molecule has 2 heterocycles. The van der Waals surface area contributed by atoms with E-state index in [-0.39, 0.29) is 37.8 Å². The first-order chi connectivity index (χ1) is 13.6. The molecule has 1 amide bonds. The van der Waals surface area contributed by atoms with Crippen LogP contribution in [0.4, 0.5) is 4.39 Å². The minimum absolute atomic E-state index is 0.0762. The van der Waals surface area contributed by atoms with Crippen molar-refractivity contribution in [1.29, 1.82) is 0 Å². The normalized spacial score (nSPS) is 22.3. The van der Waals surface area contributed by atoms with Crippen LogP contribution in [-0.4, -0.2) is 51.2 Å². The summed E-state index contributed by atoms with van der Waals surface area (Å²) in [4.78, 5) is 31.3. The molecule has 0 radical (unpaired) electrons. The number of aryl methyl sites for hydroxylation is 1. The Labute approximate surface area is 169 Å². The Hall–Kier alpha value is -2.54. The topological polar surface area (TPSA) is 90.7 Å². The quantitative estimate of drug-likeness (QED) is 0.800. The Morgan fingerprint density at radius 1 is 1.34 bits per heavy atom. The number of carboxylic acid groups (broad SMARTS) is 1. The fourth-order valence-corrected chi connectivity index (χ4v) is 4.04. The van der Waals surface area contributed by atoms with Gasteiger partial charge in [0.2, 0.25) is 0 Å². The summed E-state index contributed by atoms with van der Waals surface area (Å²) in [6.07, 6.45) is 0.0898. The maximum absolute atomic E-state index is 13.8. The molecule has 1 aliphatic heterocycles. The molecule has 1 aromatic heterocycles. The molecule has 1 saturated heterocycles. The fraction of sp³-hybridized carbons (Fsp3) is 0.500. The third kappa shape index (κ3) is 4.10. The number of aliphatic carboxylic acids is 1. The lowest BCUT2D eigenvalue weighted by Crippen LogP contribution is -2.57. The number of rotatable bonds is 5. The van der Waals surface area contributed by atoms with E-state index in [1.165, 1.54) is 23.1 Å². The van der Waals surface area contributed by atoms with E-state index < -0.39 is 23.3 Å². The summed E-state index contributed by atoms with van der Waals surface area (Å²) < 4.78 is 13.8. The summed E-state index contributed by atoms with van der Waals surface area (Å²) in [7, 11) is 0. The molecule has 2 atom stereocenters. The Morgan fingerprint density at radius 3 is 2.72 bits per heavy atom. The number of amides is 1. The number of carboxylic acids is 1. The molecule has 0 unspecified atom stereocenters. The van der Waals surface area contributed by atoms with Crippen LogP contribution < -0.4 is 0 Å². The molecule has 6 nitrogen and oxygen atoms in total. The summed E-state index contributed by atoms with van der Waals surface area (Å²) in [6.45, 7) is 5.91. The number of piperidine rings is 1. The van der Waals surface area contributed by atoms with Crippen molar-refractivity contribution >= 4 is 22.8 Å². The summed E-state index contributed by atoms with van der Waals surface area (Å²) in [5.41, 5.74) is 0.0258. The van der Waals surface area contributed by atoms with E-state index >= 15 is 0 Å². The fourth-order valence-electron chi connectivity index (χ4n) is 4.04. The predicted octanol–water partition coefficient (Wildman–Crippen LogP) is 3.40. The minimum atomic E-state index is -1.40. The van der Waals surface area contributed by atoms with Gasteiger partial charge in [-0.05, 0) is 56.4 Å². The van der Waals surface area contributed by atoms with E-state index in [2.05, 4.69) is 4.98 Å². The second-order valence-electron chi connectivity index (χ2n) is 8.40. The zero-order valence-corrected chi connectivity index (χ0v) is 17.0. The zero-order valence-electron chi connectivity index (χ0n) is 17.0. The molecule has 3 rings (SSSR count). The molecule has 0 saturated carbocycles. The molecular formula is C22H27FN2O4. The van der Waals surface area contributed by atoms with Crippen LogP contribution in [0.5, 0.6) is 0 Å². The number of hydrogen-bond acceptors (Lipinski definition) is 4. The van der Waals surface area contributed by atoms with Gasteiger partial charge in [0.15, 0.2) is 0 Å². The SMILES string of the molecule is Cc1cc(C(=O)N2CC[C@H](O)[C@](CCC(C)C)(C(=O)O)C2)c2cc(F)ccc2n1. The van der Waals surface area contributed by atoms with Crippen LogP contribution in [0.25, 0.3) is 10.9 Å². The van der Waals surface area contributed by atoms with Crippen molar-refractivity contribution in [3.63, 3.8) is 0 Å². The van der Waals surface area contributed by atoms with E-state index in [1.807, 2.05) is 13.8 Å². The molecule has 2 aromatic rings. The highest BCUT2D eigenvalue weighted by atomic mass is 19.1. The number of likely N-dealkylation sites (tertiary alicyclic amines) is 1. The average Bonchev–Trinajstić information content (AvgIpc) is 2.66. The van der Waals surface area contributed by atoms with Crippen molar-refractivity contribution in [2.45, 2.75) is 46.1 Å². The standard InChI is InChI=1S/C22H27FN2O4/c1-13(2)6-8-22(21(28)29)12-25(9-7-19(22)26)20(27)17-10-14(3)24-18-5-4-15(23)11-16(17)18/h4-5,10-11,13,19,26H,6-9,12H2,1-3H3,(H,28,29)/t19-,22+/m0/s1. The maximum atomic E-state index is 13.8. The van der Waals surface area contributed by atoms with Crippen LogP contribution in [0.1, 0.15) is 49.2 Å². The molecule has 29 heavy (non-hydrogen) atoms. The van der Waals surface area contributed by atoms with E-state index in [4.69, 9.17) is 0 Å². The number of aliphatic hydroxyl groups is 1. The van der Waals surface area contributed by atoms with Gasteiger partial charge < -0.3 is 15.1 Å². The van der Waals surface area contributed by atoms with Gasteiger partial charge >= 0.3 is 5.97 Å². The van der Waals surface area contributed by atoms with Gasteiger partial charge in [0.25, 0.3) is 5.91 Å². The van der Waals surface area contributed by atoms with Crippen LogP contribution in [-0.2, 0) is 4.79 Å². The highest BCUT2D eigenvalue weighted by molar-refractivity contribution is 6.06. The third-order valence-electron chi connectivity index (χ3n) is 5.79. The van der Waals surface area contributed by atoms with E-state index in [1.54, 1.807) is 13.0 Å². The number of aliphatic hydroxyl groups excluding tert-OH is 1. The molecule has 1 aromatic carbocycles. The smallest absolute Gasteiger partial charge is 0.314 e. The van der Waals surface area contributed by atoms with Gasteiger partial charge in [0.1, 0.15) is 11.2 Å². The Balaban J connectivity index is 1.98. The number of pyridine rings is 1. The average molecular weight is 402 g/mol. The number of nitrogens with zero attached hydrogens (tertiary/aromatic N) is 2. The van der Waals surface area contributed by atoms with Crippen molar-refractivity contribution in [3.8, 4) is 0 Å². The van der Waals surface area contributed by atoms with Gasteiger partial charge in [-0.1, -0.05) is 13.8 Å². The number of benzene rings is 1. The summed E-state index contributed by atoms with van der Waals surface area (Å²) in [5.74, 6) is -1.65. The van der Waals surface area contributed by atoms with Crippen LogP contribution in [0.2, 0.25) is 0 Å². The number of halogens is 1. The molecule has 1 aliphatic rings. The van der Waals surface area contributed by atoms with Gasteiger partial charge in [0, 0.05) is 24.2 Å². The molecule has 156 valence electrons. The lowest BCUT2D eigenvalue weighted by atomic mass is 9.72. The molecule has 1 fully saturated rings. The monoisotopic (exact) mass is 402 g/mol. The molecule has 0 bridgehead atoms. The van der Waals surface area contributed by atoms with Gasteiger partial charge in [-0.3, -0.25) is 14.6 Å². The largest absolute Gasteiger partial charge is 0.481 e. The molecule has 7 heteroatoms. The van der Waals surface area contributed by atoms with Gasteiger partial charge in [0.05, 0.1) is 17.2 Å². The Bertz CT molecular complexity index is 946. The first kappa shape index (κ1) is 21.2. The molecule has 0 aliphatic carbocycles. The second kappa shape index (κ2) is 8.06. The van der Waals surface area contributed by atoms with Crippen molar-refractivity contribution in [1.82, 2.24) is 9.88 Å². The van der Waals surface area contributed by atoms with Crippen molar-refractivity contribution in [2.75, 3.05) is 13.1 Å². The summed E-state index contributed by atoms with van der Waals surface area (Å²) in [6, 6.07) is 5.70. The Kier molecular flexibility index (Phi) is 5.89. The van der Waals surface area contributed by atoms with Crippen LogP contribution in [0.3, 0.4) is 0 Å². The van der Waals surface area contributed by atoms with Gasteiger partial charge in [-0.2, -0.15) is 0 Å². The number of carbonyl (C=O) groups excluding carboxylic acids is 1. The van der Waals surface area contributed by atoms with E-state index in [0.717, 1.165) is 0 Å². The van der Waals surface area contributed by atoms with Gasteiger partial charge in [-0.25, -0.2) is 4.39 Å². The van der Waals surface area contributed by atoms with Crippen molar-refractivity contribution in [3.05, 3.63) is 41.3 Å². The lowest BCUT2D eigenvalue weighted by molar-refractivity contribution is -0.163. The molecule has 2 N–H and O–H groups in total. The Morgan fingerprint density at radius 2 is 2.07 bits per heavy atom. The molecular weight excluding hydrogens is 375 g/mol. The lowest BCUT2D eigenvalue weighted by Gasteiger charge is -2.43. The predicted molar refractivity (Wildman–Crippen MR) is 107 cm³/mol. The van der Waals surface area contributed by atoms with Crippen molar-refractivity contribution in [2.24, 2.45) is 11.3 Å². The highest BCUT2D eigenvalue weighted by Gasteiger charge is 2.50. The number of fused-ring (bicyclic) bond motifs is 1. The highest BCUT2D eigenvalue weighted by Crippen LogP contribution is 2.37. The first-order valence-corrected chi connectivity index (χ1v) is 9.91. The van der Waals surface area contributed by atoms with E-state index in [0.29, 0.717) is 28.6 Å². The first-order valence-electron chi connectivity index (χ1n) is 9.91. The maximum Gasteiger partial charge on any atom is 0.314 e. The minimum Gasteiger partial charge on any atom is -0.481 e. The van der Waals surface area contributed by atoms with Gasteiger partial charge in [-0.15, -0.1) is 0 Å². The van der Waals surface area contributed by atoms with Crippen LogP contribution in [0, 0.1) is 24.1 Å². The summed E-state index contributed by atoms with van der Waals surface area (Å²) in [5, 5.41) is 20.9. The molecule has 0 spiro atoms. The van der Waals surface area contributed by atoms with E-state index in [9.17, 15) is 24.2 Å². The number of aromatic nitrogens is 1. The number of hydrogen-bond donors (Lipinski definition) is 2. The second-order valence-corrected chi connectivity index (χ2v) is 8.40. The summed E-state index contributed by atoms with van der Waals surface area (Å²) >= 11 is 0. The number of carbonyl (C=O) groups is 2. The van der Waals surface area contributed by atoms with Crippen molar-refractivity contribution < 1.29 is 24.2 Å². The third-order valence-corrected chi connectivity index (χ3v) is 5.79. The van der Waals surface area contributed by atoms with Crippen LogP contribution >= 0.6 is 0 Å². The zero-order chi connectivity index (χ0) is 21.3. The van der Waals surface area contributed by atoms with Crippen LogP contribution in [0.15, 0.2) is 24.3 Å².